The molecule has 2 heteroatoms. The highest BCUT2D eigenvalue weighted by Crippen LogP contribution is 2.65. The molecule has 2 saturated carbocycles. The van der Waals surface area contributed by atoms with Gasteiger partial charge < -0.3 is 4.74 Å². The molecule has 0 amide bonds. The van der Waals surface area contributed by atoms with E-state index < -0.39 is 5.97 Å². The zero-order valence-electron chi connectivity index (χ0n) is 11.0. The first-order valence-electron chi connectivity index (χ1n) is 6.08. The molecule has 0 aromatic heterocycles. The van der Waals surface area contributed by atoms with E-state index in [2.05, 4.69) is 32.1 Å². The van der Waals surface area contributed by atoms with Crippen molar-refractivity contribution >= 4 is 5.97 Å². The van der Waals surface area contributed by atoms with Crippen molar-refractivity contribution < 1.29 is 9.53 Å². The number of methoxy groups -OCH3 is 1. The normalized spacial score (nSPS) is 33.9. The maximum absolute atomic E-state index is 9.84. The molecule has 2 fully saturated rings. The quantitative estimate of drug-likeness (QED) is 0.503. The first-order chi connectivity index (χ1) is 7.37. The molecule has 92 valence electrons. The zero-order valence-corrected chi connectivity index (χ0v) is 11.0. The van der Waals surface area contributed by atoms with Gasteiger partial charge in [0.15, 0.2) is 0 Å². The van der Waals surface area contributed by atoms with Gasteiger partial charge in [-0.1, -0.05) is 27.4 Å². The first-order valence-corrected chi connectivity index (χ1v) is 6.08. The molecular formula is C14H24O2. The summed E-state index contributed by atoms with van der Waals surface area (Å²) in [5.41, 5.74) is 1.37. The van der Waals surface area contributed by atoms with Crippen molar-refractivity contribution in [1.29, 1.82) is 0 Å². The summed E-state index contributed by atoms with van der Waals surface area (Å²) in [5, 5.41) is 0. The minimum atomic E-state index is -0.394. The molecule has 0 aromatic carbocycles. The third-order valence-corrected chi connectivity index (χ3v) is 5.03. The van der Waals surface area contributed by atoms with Crippen LogP contribution in [0.4, 0.5) is 0 Å². The molecule has 0 aromatic rings. The van der Waals surface area contributed by atoms with Gasteiger partial charge in [-0.3, -0.25) is 0 Å². The molecule has 0 unspecified atom stereocenters. The molecule has 2 bridgehead atoms. The maximum atomic E-state index is 9.84. The van der Waals surface area contributed by atoms with Gasteiger partial charge in [-0.25, -0.2) is 4.79 Å². The number of carbonyl (C=O) groups excluding carboxylic acids is 1. The number of fused-ring (bicyclic) bond motifs is 2. The SMILES string of the molecule is C=CC(=O)OC.CC12CCC(CC1)C2(C)C. The number of esters is 1. The third-order valence-electron chi connectivity index (χ3n) is 5.03. The van der Waals surface area contributed by atoms with Gasteiger partial charge in [-0.05, 0) is 42.4 Å². The Labute approximate surface area is 99.1 Å². The Hall–Kier alpha value is -0.790. The fraction of sp³-hybridized carbons (Fsp3) is 0.786. The van der Waals surface area contributed by atoms with E-state index in [1.54, 1.807) is 0 Å². The van der Waals surface area contributed by atoms with Crippen molar-refractivity contribution in [1.82, 2.24) is 0 Å². The van der Waals surface area contributed by atoms with Gasteiger partial charge in [0.25, 0.3) is 0 Å². The highest BCUT2D eigenvalue weighted by Gasteiger charge is 2.55. The highest BCUT2D eigenvalue weighted by molar-refractivity contribution is 5.80. The van der Waals surface area contributed by atoms with E-state index in [1.807, 2.05) is 0 Å². The smallest absolute Gasteiger partial charge is 0.329 e. The second-order valence-corrected chi connectivity index (χ2v) is 5.78. The molecule has 2 aliphatic rings. The number of hydrogen-bond acceptors (Lipinski definition) is 2. The maximum Gasteiger partial charge on any atom is 0.329 e. The average Bonchev–Trinajstić information content (AvgIpc) is 2.62. The lowest BCUT2D eigenvalue weighted by atomic mass is 9.71. The van der Waals surface area contributed by atoms with Gasteiger partial charge in [0.1, 0.15) is 0 Å². The summed E-state index contributed by atoms with van der Waals surface area (Å²) in [5.74, 6) is 0.660. The van der Waals surface area contributed by atoms with Crippen molar-refractivity contribution in [3.8, 4) is 0 Å². The van der Waals surface area contributed by atoms with Crippen LogP contribution >= 0.6 is 0 Å². The molecule has 0 radical (unpaired) electrons. The van der Waals surface area contributed by atoms with Crippen LogP contribution < -0.4 is 0 Å². The molecule has 16 heavy (non-hydrogen) atoms. The number of ether oxygens (including phenoxy) is 1. The lowest BCUT2D eigenvalue weighted by molar-refractivity contribution is -0.134. The second-order valence-electron chi connectivity index (χ2n) is 5.78. The van der Waals surface area contributed by atoms with Crippen molar-refractivity contribution in [3.05, 3.63) is 12.7 Å². The summed E-state index contributed by atoms with van der Waals surface area (Å²) in [4.78, 5) is 9.84. The minimum absolute atomic E-state index is 0.394. The lowest BCUT2D eigenvalue weighted by Crippen LogP contribution is -2.26. The molecule has 0 spiro atoms. The van der Waals surface area contributed by atoms with Gasteiger partial charge in [0, 0.05) is 6.08 Å². The van der Waals surface area contributed by atoms with Crippen molar-refractivity contribution in [2.75, 3.05) is 7.11 Å². The van der Waals surface area contributed by atoms with Crippen LogP contribution in [-0.2, 0) is 9.53 Å². The van der Waals surface area contributed by atoms with Crippen molar-refractivity contribution in [2.24, 2.45) is 16.7 Å². The molecule has 0 atom stereocenters. The Morgan fingerprint density at radius 3 is 1.88 bits per heavy atom. The monoisotopic (exact) mass is 224 g/mol. The van der Waals surface area contributed by atoms with Gasteiger partial charge in [-0.15, -0.1) is 0 Å². The Morgan fingerprint density at radius 1 is 1.31 bits per heavy atom. The van der Waals surface area contributed by atoms with Crippen LogP contribution in [0.2, 0.25) is 0 Å². The van der Waals surface area contributed by atoms with Gasteiger partial charge >= 0.3 is 5.97 Å². The van der Waals surface area contributed by atoms with Crippen LogP contribution in [0.1, 0.15) is 46.5 Å². The summed E-state index contributed by atoms with van der Waals surface area (Å²) in [6.07, 6.45) is 7.10. The van der Waals surface area contributed by atoms with Gasteiger partial charge in [-0.2, -0.15) is 0 Å². The van der Waals surface area contributed by atoms with E-state index in [1.165, 1.54) is 32.8 Å². The predicted molar refractivity (Wildman–Crippen MR) is 66.1 cm³/mol. The summed E-state index contributed by atoms with van der Waals surface area (Å²) >= 11 is 0. The Bertz CT molecular complexity index is 268. The number of carbonyl (C=O) groups is 1. The van der Waals surface area contributed by atoms with Crippen LogP contribution in [0.15, 0.2) is 12.7 Å². The molecule has 0 heterocycles. The van der Waals surface area contributed by atoms with Gasteiger partial charge in [0.2, 0.25) is 0 Å². The summed E-state index contributed by atoms with van der Waals surface area (Å²) in [7, 11) is 1.31. The van der Waals surface area contributed by atoms with E-state index in [0.29, 0.717) is 10.8 Å². The first kappa shape index (κ1) is 13.3. The fourth-order valence-corrected chi connectivity index (χ4v) is 3.20. The van der Waals surface area contributed by atoms with Crippen LogP contribution in [0, 0.1) is 16.7 Å². The van der Waals surface area contributed by atoms with E-state index in [4.69, 9.17) is 0 Å². The Morgan fingerprint density at radius 2 is 1.81 bits per heavy atom. The van der Waals surface area contributed by atoms with Crippen molar-refractivity contribution in [2.45, 2.75) is 46.5 Å². The fourth-order valence-electron chi connectivity index (χ4n) is 3.20. The zero-order chi connectivity index (χ0) is 12.4. The average molecular weight is 224 g/mol. The second kappa shape index (κ2) is 4.60. The largest absolute Gasteiger partial charge is 0.466 e. The molecule has 0 aliphatic heterocycles. The van der Waals surface area contributed by atoms with E-state index >= 15 is 0 Å². The Balaban J connectivity index is 0.000000187. The highest BCUT2D eigenvalue weighted by atomic mass is 16.5. The van der Waals surface area contributed by atoms with Crippen LogP contribution in [0.25, 0.3) is 0 Å². The molecule has 2 aliphatic carbocycles. The lowest BCUT2D eigenvalue weighted by Gasteiger charge is -2.34. The molecule has 2 nitrogen and oxygen atoms in total. The molecule has 0 saturated heterocycles. The summed E-state index contributed by atoms with van der Waals surface area (Å²) < 4.78 is 4.14. The Kier molecular flexibility index (Phi) is 3.82. The molecule has 0 N–H and O–H groups in total. The van der Waals surface area contributed by atoms with E-state index in [9.17, 15) is 4.79 Å². The summed E-state index contributed by atoms with van der Waals surface area (Å²) in [6, 6.07) is 0. The van der Waals surface area contributed by atoms with Crippen molar-refractivity contribution in [3.63, 3.8) is 0 Å². The number of hydrogen-bond donors (Lipinski definition) is 0. The van der Waals surface area contributed by atoms with Gasteiger partial charge in [0.05, 0.1) is 7.11 Å². The van der Waals surface area contributed by atoms with Crippen LogP contribution in [0.5, 0.6) is 0 Å². The molecule has 2 rings (SSSR count). The number of rotatable bonds is 1. The topological polar surface area (TPSA) is 26.3 Å². The van der Waals surface area contributed by atoms with E-state index in [-0.39, 0.29) is 0 Å². The molecular weight excluding hydrogens is 200 g/mol. The van der Waals surface area contributed by atoms with Crippen LogP contribution in [-0.4, -0.2) is 13.1 Å². The summed E-state index contributed by atoms with van der Waals surface area (Å²) in [6.45, 7) is 10.6. The standard InChI is InChI=1S/C10H18.C4H6O2/c1-9(2)8-4-6-10(9,3)7-5-8;1-3-4(5)6-2/h8H,4-7H2,1-3H3;3H,1H2,2H3. The third kappa shape index (κ3) is 2.16. The van der Waals surface area contributed by atoms with Crippen LogP contribution in [0.3, 0.4) is 0 Å². The predicted octanol–water partition coefficient (Wildman–Crippen LogP) is 3.57. The van der Waals surface area contributed by atoms with E-state index in [0.717, 1.165) is 12.0 Å². The minimum Gasteiger partial charge on any atom is -0.466 e.